The number of likely N-dealkylation sites (tertiary alicyclic amines) is 1. The fraction of sp³-hybridized carbons (Fsp3) is 1.00. The van der Waals surface area contributed by atoms with Crippen LogP contribution in [-0.4, -0.2) is 57.3 Å². The molecule has 18 heavy (non-hydrogen) atoms. The van der Waals surface area contributed by atoms with E-state index in [2.05, 4.69) is 14.9 Å². The Labute approximate surface area is 110 Å². The zero-order chi connectivity index (χ0) is 13.0. The molecule has 5 nitrogen and oxygen atoms in total. The van der Waals surface area contributed by atoms with Gasteiger partial charge in [0.2, 0.25) is 10.0 Å². The molecule has 0 amide bonds. The van der Waals surface area contributed by atoms with Crippen molar-refractivity contribution in [3.05, 3.63) is 0 Å². The van der Waals surface area contributed by atoms with Gasteiger partial charge < -0.3 is 5.32 Å². The lowest BCUT2D eigenvalue weighted by Crippen LogP contribution is -2.39. The third-order valence-electron chi connectivity index (χ3n) is 3.65. The van der Waals surface area contributed by atoms with Gasteiger partial charge in [-0.1, -0.05) is 6.92 Å². The van der Waals surface area contributed by atoms with E-state index in [9.17, 15) is 8.42 Å². The average Bonchev–Trinajstić information content (AvgIpc) is 3.07. The predicted octanol–water partition coefficient (Wildman–Crippen LogP) is 0.142. The molecule has 1 saturated heterocycles. The SMILES string of the molecule is CCNCCCS(=O)(=O)NC1CCN(C2CC2)C1. The number of nitrogens with one attached hydrogen (secondary N) is 2. The van der Waals surface area contributed by atoms with E-state index < -0.39 is 10.0 Å². The van der Waals surface area contributed by atoms with Crippen molar-refractivity contribution >= 4 is 10.0 Å². The van der Waals surface area contributed by atoms with Crippen LogP contribution in [-0.2, 0) is 10.0 Å². The lowest BCUT2D eigenvalue weighted by atomic mass is 10.3. The third-order valence-corrected chi connectivity index (χ3v) is 5.16. The van der Waals surface area contributed by atoms with Crippen LogP contribution >= 0.6 is 0 Å². The monoisotopic (exact) mass is 275 g/mol. The molecule has 2 rings (SSSR count). The molecule has 0 spiro atoms. The highest BCUT2D eigenvalue weighted by molar-refractivity contribution is 7.89. The van der Waals surface area contributed by atoms with Crippen LogP contribution in [0.4, 0.5) is 0 Å². The largest absolute Gasteiger partial charge is 0.317 e. The molecule has 2 fully saturated rings. The summed E-state index contributed by atoms with van der Waals surface area (Å²) in [6.45, 7) is 5.65. The van der Waals surface area contributed by atoms with E-state index >= 15 is 0 Å². The van der Waals surface area contributed by atoms with Crippen LogP contribution in [0, 0.1) is 0 Å². The lowest BCUT2D eigenvalue weighted by molar-refractivity contribution is 0.322. The molecule has 1 heterocycles. The minimum absolute atomic E-state index is 0.134. The molecular formula is C12H25N3O2S. The number of hydrogen-bond donors (Lipinski definition) is 2. The van der Waals surface area contributed by atoms with E-state index in [4.69, 9.17) is 0 Å². The summed E-state index contributed by atoms with van der Waals surface area (Å²) in [5.41, 5.74) is 0. The Morgan fingerprint density at radius 1 is 1.28 bits per heavy atom. The van der Waals surface area contributed by atoms with Gasteiger partial charge >= 0.3 is 0 Å². The summed E-state index contributed by atoms with van der Waals surface area (Å²) in [5, 5.41) is 3.14. The second kappa shape index (κ2) is 6.32. The Balaban J connectivity index is 1.67. The van der Waals surface area contributed by atoms with Crippen LogP contribution < -0.4 is 10.0 Å². The molecule has 1 aliphatic heterocycles. The van der Waals surface area contributed by atoms with E-state index in [0.717, 1.165) is 38.6 Å². The maximum absolute atomic E-state index is 11.9. The van der Waals surface area contributed by atoms with Crippen molar-refractivity contribution in [3.63, 3.8) is 0 Å². The van der Waals surface area contributed by atoms with Gasteiger partial charge in [-0.25, -0.2) is 13.1 Å². The molecule has 1 saturated carbocycles. The van der Waals surface area contributed by atoms with Gasteiger partial charge in [0.05, 0.1) is 5.75 Å². The molecule has 0 aromatic heterocycles. The van der Waals surface area contributed by atoms with E-state index in [-0.39, 0.29) is 11.8 Å². The van der Waals surface area contributed by atoms with Crippen molar-refractivity contribution in [2.75, 3.05) is 31.9 Å². The molecule has 6 heteroatoms. The molecule has 1 unspecified atom stereocenters. The quantitative estimate of drug-likeness (QED) is 0.619. The smallest absolute Gasteiger partial charge is 0.211 e. The first-order valence-electron chi connectivity index (χ1n) is 7.05. The van der Waals surface area contributed by atoms with Gasteiger partial charge in [0.1, 0.15) is 0 Å². The second-order valence-corrected chi connectivity index (χ2v) is 7.23. The second-order valence-electron chi connectivity index (χ2n) is 5.36. The molecule has 1 atom stereocenters. The zero-order valence-corrected chi connectivity index (χ0v) is 12.0. The molecule has 106 valence electrons. The minimum Gasteiger partial charge on any atom is -0.317 e. The van der Waals surface area contributed by atoms with E-state index in [0.29, 0.717) is 6.42 Å². The molecule has 2 aliphatic rings. The lowest BCUT2D eigenvalue weighted by Gasteiger charge is -2.15. The Morgan fingerprint density at radius 2 is 2.06 bits per heavy atom. The van der Waals surface area contributed by atoms with Crippen LogP contribution in [0.15, 0.2) is 0 Å². The van der Waals surface area contributed by atoms with Crippen molar-refractivity contribution in [1.29, 1.82) is 0 Å². The number of sulfonamides is 1. The molecule has 0 aromatic rings. The summed E-state index contributed by atoms with van der Waals surface area (Å²) in [6, 6.07) is 0.878. The highest BCUT2D eigenvalue weighted by Crippen LogP contribution is 2.29. The van der Waals surface area contributed by atoms with Gasteiger partial charge in [0.15, 0.2) is 0 Å². The Morgan fingerprint density at radius 3 is 2.72 bits per heavy atom. The summed E-state index contributed by atoms with van der Waals surface area (Å²) in [6.07, 6.45) is 4.23. The topological polar surface area (TPSA) is 61.4 Å². The highest BCUT2D eigenvalue weighted by Gasteiger charge is 2.35. The van der Waals surface area contributed by atoms with Gasteiger partial charge in [-0.05, 0) is 38.8 Å². The zero-order valence-electron chi connectivity index (χ0n) is 11.2. The van der Waals surface area contributed by atoms with Gasteiger partial charge in [-0.15, -0.1) is 0 Å². The third kappa shape index (κ3) is 4.50. The van der Waals surface area contributed by atoms with Crippen LogP contribution in [0.3, 0.4) is 0 Å². The first-order valence-corrected chi connectivity index (χ1v) is 8.70. The van der Waals surface area contributed by atoms with E-state index in [1.165, 1.54) is 12.8 Å². The minimum atomic E-state index is -3.09. The molecule has 2 N–H and O–H groups in total. The van der Waals surface area contributed by atoms with Crippen molar-refractivity contribution in [1.82, 2.24) is 14.9 Å². The van der Waals surface area contributed by atoms with Gasteiger partial charge in [0, 0.05) is 25.2 Å². The van der Waals surface area contributed by atoms with Gasteiger partial charge in [0.25, 0.3) is 0 Å². The molecule has 0 bridgehead atoms. The first kappa shape index (κ1) is 14.2. The van der Waals surface area contributed by atoms with E-state index in [1.54, 1.807) is 0 Å². The normalized spacial score (nSPS) is 25.7. The number of nitrogens with zero attached hydrogens (tertiary/aromatic N) is 1. The summed E-state index contributed by atoms with van der Waals surface area (Å²) in [7, 11) is -3.09. The number of rotatable bonds is 8. The maximum Gasteiger partial charge on any atom is 0.211 e. The summed E-state index contributed by atoms with van der Waals surface area (Å²) in [4.78, 5) is 2.42. The summed E-state index contributed by atoms with van der Waals surface area (Å²) >= 11 is 0. The van der Waals surface area contributed by atoms with Crippen molar-refractivity contribution in [2.24, 2.45) is 0 Å². The molecule has 0 aromatic carbocycles. The van der Waals surface area contributed by atoms with Crippen LogP contribution in [0.1, 0.15) is 32.6 Å². The van der Waals surface area contributed by atoms with Crippen molar-refractivity contribution in [3.8, 4) is 0 Å². The van der Waals surface area contributed by atoms with Crippen molar-refractivity contribution in [2.45, 2.75) is 44.7 Å². The van der Waals surface area contributed by atoms with Crippen LogP contribution in [0.2, 0.25) is 0 Å². The van der Waals surface area contributed by atoms with Crippen LogP contribution in [0.5, 0.6) is 0 Å². The van der Waals surface area contributed by atoms with E-state index in [1.807, 2.05) is 6.92 Å². The summed E-state index contributed by atoms with van der Waals surface area (Å²) < 4.78 is 26.6. The molecule has 0 radical (unpaired) electrons. The number of hydrogen-bond acceptors (Lipinski definition) is 4. The van der Waals surface area contributed by atoms with Crippen LogP contribution in [0.25, 0.3) is 0 Å². The van der Waals surface area contributed by atoms with Gasteiger partial charge in [-0.3, -0.25) is 4.90 Å². The standard InChI is InChI=1S/C12H25N3O2S/c1-2-13-7-3-9-18(16,17)14-11-6-8-15(10-11)12-4-5-12/h11-14H,2-10H2,1H3. The summed E-state index contributed by atoms with van der Waals surface area (Å²) in [5.74, 6) is 0.236. The fourth-order valence-electron chi connectivity index (χ4n) is 2.53. The Bertz CT molecular complexity index is 354. The Kier molecular flexibility index (Phi) is 5.00. The average molecular weight is 275 g/mol. The first-order chi connectivity index (χ1) is 8.61. The fourth-order valence-corrected chi connectivity index (χ4v) is 3.87. The molecule has 1 aliphatic carbocycles. The molecular weight excluding hydrogens is 250 g/mol. The highest BCUT2D eigenvalue weighted by atomic mass is 32.2. The van der Waals surface area contributed by atoms with Gasteiger partial charge in [-0.2, -0.15) is 0 Å². The Hall–Kier alpha value is -0.170. The predicted molar refractivity (Wildman–Crippen MR) is 73.1 cm³/mol. The maximum atomic E-state index is 11.9. The van der Waals surface area contributed by atoms with Crippen molar-refractivity contribution < 1.29 is 8.42 Å².